The van der Waals surface area contributed by atoms with Crippen LogP contribution < -0.4 is 5.69 Å². The van der Waals surface area contributed by atoms with E-state index in [4.69, 9.17) is 4.52 Å². The van der Waals surface area contributed by atoms with Crippen LogP contribution in [-0.2, 0) is 0 Å². The molecule has 0 unspecified atom stereocenters. The molecule has 5 rings (SSSR count). The van der Waals surface area contributed by atoms with Gasteiger partial charge in [-0.25, -0.2) is 4.79 Å². The number of benzene rings is 1. The fourth-order valence-corrected chi connectivity index (χ4v) is 4.55. The van der Waals surface area contributed by atoms with Crippen molar-refractivity contribution in [1.29, 1.82) is 0 Å². The van der Waals surface area contributed by atoms with Gasteiger partial charge in [0, 0.05) is 17.0 Å². The number of imidazole rings is 1. The maximum absolute atomic E-state index is 12.7. The van der Waals surface area contributed by atoms with Crippen molar-refractivity contribution in [3.63, 3.8) is 0 Å². The van der Waals surface area contributed by atoms with Crippen LogP contribution in [0.4, 0.5) is 0 Å². The molecule has 1 N–H and O–H groups in total. The van der Waals surface area contributed by atoms with E-state index in [1.807, 2.05) is 18.4 Å². The summed E-state index contributed by atoms with van der Waals surface area (Å²) >= 11 is 0. The van der Waals surface area contributed by atoms with Gasteiger partial charge in [0.25, 0.3) is 0 Å². The second kappa shape index (κ2) is 6.08. The van der Waals surface area contributed by atoms with E-state index in [1.165, 1.54) is 19.3 Å². The summed E-state index contributed by atoms with van der Waals surface area (Å²) in [5.41, 5.74) is 5.55. The Bertz CT molecular complexity index is 1190. The summed E-state index contributed by atoms with van der Waals surface area (Å²) in [6, 6.07) is 6.47. The first kappa shape index (κ1) is 16.3. The summed E-state index contributed by atoms with van der Waals surface area (Å²) in [4.78, 5) is 20.3. The SMILES string of the molecule is Cc1noc(C)c1-c1ccc2c(c1)ncc1[nH]c(=O)n(C3CCCCC3)c12. The second-order valence-electron chi connectivity index (χ2n) is 7.54. The van der Waals surface area contributed by atoms with Crippen molar-refractivity contribution in [2.24, 2.45) is 0 Å². The van der Waals surface area contributed by atoms with Crippen molar-refractivity contribution in [2.45, 2.75) is 52.0 Å². The molecule has 1 aromatic carbocycles. The van der Waals surface area contributed by atoms with Crippen LogP contribution in [0.2, 0.25) is 0 Å². The third-order valence-electron chi connectivity index (χ3n) is 5.80. The van der Waals surface area contributed by atoms with E-state index in [2.05, 4.69) is 33.3 Å². The molecule has 6 nitrogen and oxygen atoms in total. The number of hydrogen-bond acceptors (Lipinski definition) is 4. The number of fused-ring (bicyclic) bond motifs is 3. The molecule has 0 amide bonds. The quantitative estimate of drug-likeness (QED) is 0.563. The first-order valence-corrected chi connectivity index (χ1v) is 9.59. The highest BCUT2D eigenvalue weighted by molar-refractivity contribution is 6.03. The van der Waals surface area contributed by atoms with Crippen molar-refractivity contribution in [3.8, 4) is 11.1 Å². The third kappa shape index (κ3) is 2.51. The normalized spacial score (nSPS) is 15.8. The molecule has 0 radical (unpaired) electrons. The number of rotatable bonds is 2. The Morgan fingerprint density at radius 3 is 2.74 bits per heavy atom. The summed E-state index contributed by atoms with van der Waals surface area (Å²) in [5.74, 6) is 0.800. The van der Waals surface area contributed by atoms with Gasteiger partial charge in [0.1, 0.15) is 5.76 Å². The highest BCUT2D eigenvalue weighted by atomic mass is 16.5. The highest BCUT2D eigenvalue weighted by Crippen LogP contribution is 2.34. The van der Waals surface area contributed by atoms with Crippen LogP contribution in [0, 0.1) is 13.8 Å². The van der Waals surface area contributed by atoms with Gasteiger partial charge in [0.2, 0.25) is 0 Å². The molecular weight excluding hydrogens is 340 g/mol. The molecule has 3 aromatic heterocycles. The topological polar surface area (TPSA) is 76.7 Å². The fraction of sp³-hybridized carbons (Fsp3) is 0.381. The lowest BCUT2D eigenvalue weighted by Crippen LogP contribution is -2.24. The smallest absolute Gasteiger partial charge is 0.326 e. The lowest BCUT2D eigenvalue weighted by atomic mass is 9.95. The predicted molar refractivity (Wildman–Crippen MR) is 105 cm³/mol. The van der Waals surface area contributed by atoms with Gasteiger partial charge in [-0.2, -0.15) is 0 Å². The van der Waals surface area contributed by atoms with Gasteiger partial charge in [-0.1, -0.05) is 36.6 Å². The molecule has 0 saturated heterocycles. The summed E-state index contributed by atoms with van der Waals surface area (Å²) < 4.78 is 7.28. The molecule has 27 heavy (non-hydrogen) atoms. The maximum atomic E-state index is 12.7. The van der Waals surface area contributed by atoms with Crippen LogP contribution in [0.15, 0.2) is 33.7 Å². The number of aryl methyl sites for hydroxylation is 2. The van der Waals surface area contributed by atoms with E-state index in [9.17, 15) is 4.79 Å². The number of aromatic nitrogens is 4. The Hall–Kier alpha value is -2.89. The molecule has 6 heteroatoms. The van der Waals surface area contributed by atoms with Crippen molar-refractivity contribution < 1.29 is 4.52 Å². The molecule has 1 aliphatic rings. The van der Waals surface area contributed by atoms with E-state index >= 15 is 0 Å². The zero-order chi connectivity index (χ0) is 18.5. The lowest BCUT2D eigenvalue weighted by Gasteiger charge is -2.23. The number of aromatic amines is 1. The van der Waals surface area contributed by atoms with Crippen molar-refractivity contribution in [1.82, 2.24) is 19.7 Å². The molecule has 3 heterocycles. The van der Waals surface area contributed by atoms with E-state index in [1.54, 1.807) is 6.20 Å². The second-order valence-corrected chi connectivity index (χ2v) is 7.54. The Morgan fingerprint density at radius 2 is 2.00 bits per heavy atom. The number of pyridine rings is 1. The van der Waals surface area contributed by atoms with Gasteiger partial charge in [-0.15, -0.1) is 0 Å². The minimum absolute atomic E-state index is 0.0269. The van der Waals surface area contributed by atoms with Gasteiger partial charge in [-0.3, -0.25) is 9.55 Å². The number of H-pyrrole nitrogens is 1. The fourth-order valence-electron chi connectivity index (χ4n) is 4.55. The molecule has 0 bridgehead atoms. The van der Waals surface area contributed by atoms with E-state index in [-0.39, 0.29) is 11.7 Å². The predicted octanol–water partition coefficient (Wildman–Crippen LogP) is 4.65. The largest absolute Gasteiger partial charge is 0.361 e. The average Bonchev–Trinajstić information content (AvgIpc) is 3.20. The third-order valence-corrected chi connectivity index (χ3v) is 5.80. The van der Waals surface area contributed by atoms with Gasteiger partial charge >= 0.3 is 5.69 Å². The Kier molecular flexibility index (Phi) is 3.67. The van der Waals surface area contributed by atoms with Gasteiger partial charge in [0.15, 0.2) is 0 Å². The first-order chi connectivity index (χ1) is 13.1. The van der Waals surface area contributed by atoms with Crippen LogP contribution in [0.1, 0.15) is 49.6 Å². The first-order valence-electron chi connectivity index (χ1n) is 9.59. The van der Waals surface area contributed by atoms with Crippen LogP contribution >= 0.6 is 0 Å². The number of nitrogens with one attached hydrogen (secondary N) is 1. The summed E-state index contributed by atoms with van der Waals surface area (Å²) in [5, 5.41) is 5.06. The molecule has 1 saturated carbocycles. The monoisotopic (exact) mass is 362 g/mol. The average molecular weight is 362 g/mol. The number of nitrogens with zero attached hydrogens (tertiary/aromatic N) is 3. The van der Waals surface area contributed by atoms with Crippen LogP contribution in [0.25, 0.3) is 33.1 Å². The van der Waals surface area contributed by atoms with Gasteiger partial charge in [0.05, 0.1) is 28.4 Å². The molecular formula is C21H22N4O2. The van der Waals surface area contributed by atoms with E-state index in [0.29, 0.717) is 0 Å². The Morgan fingerprint density at radius 1 is 1.19 bits per heavy atom. The molecule has 0 atom stereocenters. The molecule has 0 aliphatic heterocycles. The van der Waals surface area contributed by atoms with Crippen molar-refractivity contribution in [2.75, 3.05) is 0 Å². The minimum atomic E-state index is -0.0269. The number of hydrogen-bond donors (Lipinski definition) is 1. The highest BCUT2D eigenvalue weighted by Gasteiger charge is 2.22. The summed E-state index contributed by atoms with van der Waals surface area (Å²) in [6.45, 7) is 3.86. The van der Waals surface area contributed by atoms with Crippen molar-refractivity contribution in [3.05, 3.63) is 46.3 Å². The molecule has 1 fully saturated rings. The molecule has 138 valence electrons. The van der Waals surface area contributed by atoms with Gasteiger partial charge in [-0.05, 0) is 38.3 Å². The van der Waals surface area contributed by atoms with Gasteiger partial charge < -0.3 is 9.51 Å². The molecule has 0 spiro atoms. The molecule has 4 aromatic rings. The van der Waals surface area contributed by atoms with Crippen LogP contribution in [0.5, 0.6) is 0 Å². The summed E-state index contributed by atoms with van der Waals surface area (Å²) in [7, 11) is 0. The maximum Gasteiger partial charge on any atom is 0.326 e. The lowest BCUT2D eigenvalue weighted by molar-refractivity contribution is 0.354. The zero-order valence-electron chi connectivity index (χ0n) is 15.6. The van der Waals surface area contributed by atoms with Crippen molar-refractivity contribution >= 4 is 21.9 Å². The summed E-state index contributed by atoms with van der Waals surface area (Å²) in [6.07, 6.45) is 7.53. The van der Waals surface area contributed by atoms with E-state index in [0.717, 1.165) is 57.4 Å². The minimum Gasteiger partial charge on any atom is -0.361 e. The zero-order valence-corrected chi connectivity index (χ0v) is 15.6. The standard InChI is InChI=1S/C21H22N4O2/c1-12-19(13(2)27-24-12)14-8-9-16-17(10-14)22-11-18-20(16)25(21(26)23-18)15-6-4-3-5-7-15/h8-11,15H,3-7H2,1-2H3,(H,23,26). The van der Waals surface area contributed by atoms with Crippen LogP contribution in [0.3, 0.4) is 0 Å². The Labute approximate surface area is 156 Å². The molecule has 1 aliphatic carbocycles. The Balaban J connectivity index is 1.74. The van der Waals surface area contributed by atoms with E-state index < -0.39 is 0 Å². The van der Waals surface area contributed by atoms with Crippen LogP contribution in [-0.4, -0.2) is 19.7 Å².